The molecule has 1 aliphatic carbocycles. The van der Waals surface area contributed by atoms with Crippen molar-refractivity contribution in [1.29, 1.82) is 0 Å². The summed E-state index contributed by atoms with van der Waals surface area (Å²) in [4.78, 5) is 11.2. The van der Waals surface area contributed by atoms with Crippen LogP contribution in [0.1, 0.15) is 39.5 Å². The summed E-state index contributed by atoms with van der Waals surface area (Å²) >= 11 is 4.53. The number of hydrogen-bond acceptors (Lipinski definition) is 3. The summed E-state index contributed by atoms with van der Waals surface area (Å²) < 4.78 is 5.39. The van der Waals surface area contributed by atoms with E-state index in [2.05, 4.69) is 26.1 Å². The molecule has 2 nitrogen and oxygen atoms in total. The zero-order chi connectivity index (χ0) is 10.8. The topological polar surface area (TPSA) is 26.3 Å². The van der Waals surface area contributed by atoms with Crippen LogP contribution in [0, 0.1) is 0 Å². The fourth-order valence-corrected chi connectivity index (χ4v) is 1.84. The zero-order valence-electron chi connectivity index (χ0n) is 8.88. The van der Waals surface area contributed by atoms with Crippen LogP contribution in [0.2, 0.25) is 0 Å². The summed E-state index contributed by atoms with van der Waals surface area (Å²) in [5.41, 5.74) is 0.476. The molecule has 0 aliphatic heterocycles. The molecule has 0 N–H and O–H groups in total. The van der Waals surface area contributed by atoms with E-state index in [1.807, 2.05) is 0 Å². The fraction of sp³-hybridized carbons (Fsp3) is 0.727. The van der Waals surface area contributed by atoms with E-state index in [0.29, 0.717) is 5.57 Å². The first-order valence-electron chi connectivity index (χ1n) is 4.99. The summed E-state index contributed by atoms with van der Waals surface area (Å²) in [6, 6.07) is 0. The van der Waals surface area contributed by atoms with E-state index in [4.69, 9.17) is 4.74 Å². The average Bonchev–Trinajstić information content (AvgIpc) is 2.08. The standard InChI is InChI=1S/C11H18O2S/c1-8(2)10(12)13-9-4-6-11(3,14)7-5-9/h9,14H,1,4-7H2,2-3H3. The van der Waals surface area contributed by atoms with Crippen LogP contribution in [0.3, 0.4) is 0 Å². The van der Waals surface area contributed by atoms with Crippen molar-refractivity contribution in [2.75, 3.05) is 0 Å². The lowest BCUT2D eigenvalue weighted by Gasteiger charge is -2.33. The molecule has 0 spiro atoms. The van der Waals surface area contributed by atoms with Gasteiger partial charge in [0.1, 0.15) is 6.10 Å². The van der Waals surface area contributed by atoms with Crippen molar-refractivity contribution in [3.63, 3.8) is 0 Å². The third kappa shape index (κ3) is 3.37. The Morgan fingerprint density at radius 1 is 1.50 bits per heavy atom. The molecule has 0 unspecified atom stereocenters. The van der Waals surface area contributed by atoms with Gasteiger partial charge in [-0.05, 0) is 32.6 Å². The van der Waals surface area contributed by atoms with Gasteiger partial charge < -0.3 is 4.74 Å². The molecule has 14 heavy (non-hydrogen) atoms. The van der Waals surface area contributed by atoms with E-state index < -0.39 is 0 Å². The third-order valence-corrected chi connectivity index (χ3v) is 3.08. The average molecular weight is 214 g/mol. The van der Waals surface area contributed by atoms with E-state index in [0.717, 1.165) is 25.7 Å². The fourth-order valence-electron chi connectivity index (χ4n) is 1.58. The largest absolute Gasteiger partial charge is 0.459 e. The highest BCUT2D eigenvalue weighted by molar-refractivity contribution is 7.81. The Bertz CT molecular complexity index is 236. The molecule has 0 aromatic rings. The van der Waals surface area contributed by atoms with E-state index in [1.165, 1.54) is 0 Å². The quantitative estimate of drug-likeness (QED) is 0.434. The van der Waals surface area contributed by atoms with Crippen molar-refractivity contribution in [1.82, 2.24) is 0 Å². The monoisotopic (exact) mass is 214 g/mol. The number of rotatable bonds is 2. The van der Waals surface area contributed by atoms with E-state index >= 15 is 0 Å². The molecule has 80 valence electrons. The first-order chi connectivity index (χ1) is 6.41. The molecular weight excluding hydrogens is 196 g/mol. The van der Waals surface area contributed by atoms with Gasteiger partial charge in [-0.2, -0.15) is 12.6 Å². The van der Waals surface area contributed by atoms with Gasteiger partial charge in [-0.3, -0.25) is 0 Å². The molecule has 1 saturated carbocycles. The van der Waals surface area contributed by atoms with Crippen LogP contribution >= 0.6 is 12.6 Å². The molecule has 0 saturated heterocycles. The minimum atomic E-state index is -0.266. The van der Waals surface area contributed by atoms with Gasteiger partial charge in [0.2, 0.25) is 0 Å². The molecule has 0 bridgehead atoms. The molecule has 0 amide bonds. The lowest BCUT2D eigenvalue weighted by atomic mass is 9.88. The van der Waals surface area contributed by atoms with Crippen LogP contribution in [0.25, 0.3) is 0 Å². The Kier molecular flexibility index (Phi) is 3.65. The number of carbonyl (C=O) groups excluding carboxylic acids is 1. The van der Waals surface area contributed by atoms with Gasteiger partial charge in [-0.25, -0.2) is 4.79 Å². The normalized spacial score (nSPS) is 32.4. The SMILES string of the molecule is C=C(C)C(=O)OC1CCC(C)(S)CC1. The van der Waals surface area contributed by atoms with Crippen LogP contribution in [0.4, 0.5) is 0 Å². The maximum absolute atomic E-state index is 11.2. The summed E-state index contributed by atoms with van der Waals surface area (Å²) in [6.45, 7) is 7.37. The number of ether oxygens (including phenoxy) is 1. The summed E-state index contributed by atoms with van der Waals surface area (Å²) in [5.74, 6) is -0.266. The molecule has 1 fully saturated rings. The van der Waals surface area contributed by atoms with Crippen LogP contribution in [-0.4, -0.2) is 16.8 Å². The summed E-state index contributed by atoms with van der Waals surface area (Å²) in [6.07, 6.45) is 3.91. The number of carbonyl (C=O) groups is 1. The van der Waals surface area contributed by atoms with Crippen LogP contribution in [0.15, 0.2) is 12.2 Å². The Morgan fingerprint density at radius 3 is 2.43 bits per heavy atom. The molecule has 1 aliphatic rings. The molecule has 0 aromatic carbocycles. The molecule has 1 rings (SSSR count). The molecule has 0 radical (unpaired) electrons. The van der Waals surface area contributed by atoms with Gasteiger partial charge in [0.25, 0.3) is 0 Å². The smallest absolute Gasteiger partial charge is 0.333 e. The number of hydrogen-bond donors (Lipinski definition) is 1. The van der Waals surface area contributed by atoms with Gasteiger partial charge in [-0.15, -0.1) is 0 Å². The molecule has 0 heterocycles. The first kappa shape index (κ1) is 11.6. The Hall–Kier alpha value is -0.440. The minimum absolute atomic E-state index is 0.0689. The number of esters is 1. The van der Waals surface area contributed by atoms with E-state index in [9.17, 15) is 4.79 Å². The van der Waals surface area contributed by atoms with E-state index in [1.54, 1.807) is 6.92 Å². The van der Waals surface area contributed by atoms with Gasteiger partial charge in [0.05, 0.1) is 0 Å². The second-order valence-electron chi connectivity index (χ2n) is 4.38. The van der Waals surface area contributed by atoms with Crippen molar-refractivity contribution in [3.05, 3.63) is 12.2 Å². The lowest BCUT2D eigenvalue weighted by Crippen LogP contribution is -2.30. The second kappa shape index (κ2) is 4.39. The zero-order valence-corrected chi connectivity index (χ0v) is 9.77. The lowest BCUT2D eigenvalue weighted by molar-refractivity contribution is -0.145. The first-order valence-corrected chi connectivity index (χ1v) is 5.44. The second-order valence-corrected chi connectivity index (χ2v) is 5.46. The maximum Gasteiger partial charge on any atom is 0.333 e. The minimum Gasteiger partial charge on any atom is -0.459 e. The van der Waals surface area contributed by atoms with Gasteiger partial charge in [0, 0.05) is 10.3 Å². The Morgan fingerprint density at radius 2 is 2.00 bits per heavy atom. The molecule has 0 aromatic heterocycles. The van der Waals surface area contributed by atoms with Crippen LogP contribution in [0.5, 0.6) is 0 Å². The van der Waals surface area contributed by atoms with Crippen molar-refractivity contribution in [2.24, 2.45) is 0 Å². The molecular formula is C11H18O2S. The van der Waals surface area contributed by atoms with Gasteiger partial charge in [-0.1, -0.05) is 13.5 Å². The third-order valence-electron chi connectivity index (χ3n) is 2.63. The van der Waals surface area contributed by atoms with E-state index in [-0.39, 0.29) is 16.8 Å². The highest BCUT2D eigenvalue weighted by Gasteiger charge is 2.29. The molecule has 0 atom stereocenters. The van der Waals surface area contributed by atoms with Crippen molar-refractivity contribution in [3.8, 4) is 0 Å². The Labute approximate surface area is 91.1 Å². The van der Waals surface area contributed by atoms with Gasteiger partial charge in [0.15, 0.2) is 0 Å². The Balaban J connectivity index is 2.36. The predicted molar refractivity (Wildman–Crippen MR) is 60.6 cm³/mol. The highest BCUT2D eigenvalue weighted by Crippen LogP contribution is 2.34. The molecule has 3 heteroatoms. The van der Waals surface area contributed by atoms with Gasteiger partial charge >= 0.3 is 5.97 Å². The summed E-state index contributed by atoms with van der Waals surface area (Å²) in [7, 11) is 0. The van der Waals surface area contributed by atoms with Crippen LogP contribution < -0.4 is 0 Å². The summed E-state index contributed by atoms with van der Waals surface area (Å²) in [5, 5.41) is 0. The predicted octanol–water partition coefficient (Wildman–Crippen LogP) is 2.74. The van der Waals surface area contributed by atoms with Crippen molar-refractivity contribution < 1.29 is 9.53 Å². The van der Waals surface area contributed by atoms with Crippen molar-refractivity contribution in [2.45, 2.75) is 50.4 Å². The number of thiol groups is 1. The maximum atomic E-state index is 11.2. The van der Waals surface area contributed by atoms with Crippen molar-refractivity contribution >= 4 is 18.6 Å². The van der Waals surface area contributed by atoms with Crippen LogP contribution in [-0.2, 0) is 9.53 Å². The highest BCUT2D eigenvalue weighted by atomic mass is 32.1.